The maximum Gasteiger partial charge on any atom is 0.237 e. The molecule has 2 fully saturated rings. The SMILES string of the molecule is CC(C)CC(C)(C)C[C@H]1N[C@@H](C(=O)NCCN2CCOCC2)[C@H](C(C)/C=C\C=C(\Cl)CF)[C@@]12C(=O)Nc1cc(F)c(F)cc12. The van der Waals surface area contributed by atoms with Crippen LogP contribution in [0.1, 0.15) is 53.0 Å². The van der Waals surface area contributed by atoms with Crippen LogP contribution >= 0.6 is 11.6 Å². The van der Waals surface area contributed by atoms with Crippen LogP contribution in [0.4, 0.5) is 18.9 Å². The lowest BCUT2D eigenvalue weighted by Gasteiger charge is -2.40. The average molecular weight is 639 g/mol. The van der Waals surface area contributed by atoms with Crippen LogP contribution in [0.25, 0.3) is 0 Å². The Balaban J connectivity index is 1.78. The molecule has 1 unspecified atom stereocenters. The summed E-state index contributed by atoms with van der Waals surface area (Å²) >= 11 is 5.89. The smallest absolute Gasteiger partial charge is 0.237 e. The third-order valence-electron chi connectivity index (χ3n) is 9.16. The molecule has 1 aromatic carbocycles. The molecule has 2 saturated heterocycles. The Morgan fingerprint density at radius 2 is 1.91 bits per heavy atom. The first-order valence-electron chi connectivity index (χ1n) is 15.5. The zero-order chi connectivity index (χ0) is 32.2. The minimum Gasteiger partial charge on any atom is -0.379 e. The molecule has 7 nitrogen and oxygen atoms in total. The number of halogens is 4. The van der Waals surface area contributed by atoms with Crippen molar-refractivity contribution < 1.29 is 27.5 Å². The van der Waals surface area contributed by atoms with Gasteiger partial charge in [0, 0.05) is 54.9 Å². The first-order chi connectivity index (χ1) is 20.8. The topological polar surface area (TPSA) is 82.7 Å². The van der Waals surface area contributed by atoms with Crippen LogP contribution < -0.4 is 16.0 Å². The van der Waals surface area contributed by atoms with Crippen molar-refractivity contribution in [3.63, 3.8) is 0 Å². The molecule has 4 rings (SSSR count). The van der Waals surface area contributed by atoms with Gasteiger partial charge in [0.25, 0.3) is 0 Å². The zero-order valence-electron chi connectivity index (χ0n) is 26.3. The van der Waals surface area contributed by atoms with Crippen molar-refractivity contribution in [3.05, 3.63) is 52.6 Å². The second-order valence-electron chi connectivity index (χ2n) is 13.6. The summed E-state index contributed by atoms with van der Waals surface area (Å²) in [6.45, 7) is 13.5. The molecule has 0 radical (unpaired) electrons. The predicted molar refractivity (Wildman–Crippen MR) is 167 cm³/mol. The monoisotopic (exact) mass is 638 g/mol. The Kier molecular flexibility index (Phi) is 11.2. The van der Waals surface area contributed by atoms with Gasteiger partial charge in [-0.15, -0.1) is 0 Å². The molecule has 3 N–H and O–H groups in total. The molecule has 5 atom stereocenters. The van der Waals surface area contributed by atoms with E-state index in [1.165, 1.54) is 6.08 Å². The first-order valence-corrected chi connectivity index (χ1v) is 15.9. The lowest BCUT2D eigenvalue weighted by Crippen LogP contribution is -2.52. The molecule has 3 aliphatic rings. The van der Waals surface area contributed by atoms with Crippen molar-refractivity contribution in [3.8, 4) is 0 Å². The number of fused-ring (bicyclic) bond motifs is 2. The third-order valence-corrected chi connectivity index (χ3v) is 9.39. The number of anilines is 1. The van der Waals surface area contributed by atoms with Gasteiger partial charge in [0.15, 0.2) is 11.6 Å². The molecule has 1 spiro atoms. The fraction of sp³-hybridized carbons (Fsp3) is 0.636. The van der Waals surface area contributed by atoms with Crippen LogP contribution in [0.5, 0.6) is 0 Å². The molecule has 44 heavy (non-hydrogen) atoms. The van der Waals surface area contributed by atoms with Crippen LogP contribution in [0.3, 0.4) is 0 Å². The summed E-state index contributed by atoms with van der Waals surface area (Å²) in [5.74, 6) is -3.53. The number of alkyl halides is 1. The van der Waals surface area contributed by atoms with Gasteiger partial charge in [0.1, 0.15) is 6.67 Å². The number of amides is 2. The van der Waals surface area contributed by atoms with Crippen molar-refractivity contribution in [1.29, 1.82) is 0 Å². The Hall–Kier alpha value is -2.40. The summed E-state index contributed by atoms with van der Waals surface area (Å²) in [5.41, 5.74) is -1.09. The highest BCUT2D eigenvalue weighted by Gasteiger charge is 2.66. The Morgan fingerprint density at radius 3 is 2.57 bits per heavy atom. The third kappa shape index (κ3) is 7.35. The van der Waals surface area contributed by atoms with Crippen LogP contribution in [-0.2, 0) is 19.7 Å². The van der Waals surface area contributed by atoms with E-state index in [-0.39, 0.29) is 22.0 Å². The van der Waals surface area contributed by atoms with E-state index in [1.54, 1.807) is 12.2 Å². The molecule has 3 heterocycles. The normalized spacial score (nSPS) is 26.9. The highest BCUT2D eigenvalue weighted by atomic mass is 35.5. The minimum atomic E-state index is -1.39. The van der Waals surface area contributed by atoms with Gasteiger partial charge in [-0.1, -0.05) is 58.4 Å². The van der Waals surface area contributed by atoms with Crippen LogP contribution in [-0.4, -0.2) is 74.9 Å². The molecule has 0 aromatic heterocycles. The van der Waals surface area contributed by atoms with E-state index in [1.807, 2.05) is 6.92 Å². The second-order valence-corrected chi connectivity index (χ2v) is 14.0. The summed E-state index contributed by atoms with van der Waals surface area (Å²) in [4.78, 5) is 30.5. The van der Waals surface area contributed by atoms with Crippen molar-refractivity contribution in [2.24, 2.45) is 23.2 Å². The van der Waals surface area contributed by atoms with Gasteiger partial charge < -0.3 is 20.7 Å². The summed E-state index contributed by atoms with van der Waals surface area (Å²) < 4.78 is 47.8. The second kappa shape index (κ2) is 14.4. The average Bonchev–Trinajstić information content (AvgIpc) is 3.43. The molecule has 2 amide bonds. The van der Waals surface area contributed by atoms with E-state index in [4.69, 9.17) is 16.3 Å². The van der Waals surface area contributed by atoms with E-state index in [2.05, 4.69) is 48.5 Å². The van der Waals surface area contributed by atoms with Gasteiger partial charge in [-0.05, 0) is 47.8 Å². The van der Waals surface area contributed by atoms with Crippen molar-refractivity contribution in [2.75, 3.05) is 51.4 Å². The van der Waals surface area contributed by atoms with E-state index in [9.17, 15) is 22.8 Å². The molecule has 244 valence electrons. The standard InChI is InChI=1S/C33H46ClF3N4O3/c1-20(2)17-32(4,5)18-27-33(23-15-24(36)25(37)16-26(23)39-31(33)43)28(21(3)7-6-8-22(34)19-35)29(40-27)30(42)38-9-10-41-11-13-44-14-12-41/h6-8,15-16,20-21,27-29,40H,9-14,17-19H2,1-5H3,(H,38,42)(H,39,43)/b7-6-,22-8+/t21?,27-,28+,29-,33+/m1/s1. The molecule has 0 aliphatic carbocycles. The molecular weight excluding hydrogens is 593 g/mol. The fourth-order valence-electron chi connectivity index (χ4n) is 7.65. The summed E-state index contributed by atoms with van der Waals surface area (Å²) in [7, 11) is 0. The molecule has 0 bridgehead atoms. The maximum absolute atomic E-state index is 14.9. The van der Waals surface area contributed by atoms with Crippen LogP contribution in [0.2, 0.25) is 0 Å². The number of hydrogen-bond donors (Lipinski definition) is 3. The first kappa shape index (κ1) is 34.5. The summed E-state index contributed by atoms with van der Waals surface area (Å²) in [6, 6.07) is 0.729. The number of ether oxygens (including phenoxy) is 1. The zero-order valence-corrected chi connectivity index (χ0v) is 27.1. The number of carbonyl (C=O) groups excluding carboxylic acids is 2. The van der Waals surface area contributed by atoms with E-state index >= 15 is 0 Å². The minimum absolute atomic E-state index is 0.0138. The van der Waals surface area contributed by atoms with Gasteiger partial charge >= 0.3 is 0 Å². The quantitative estimate of drug-likeness (QED) is 0.271. The highest BCUT2D eigenvalue weighted by molar-refractivity contribution is 6.29. The predicted octanol–water partition coefficient (Wildman–Crippen LogP) is 5.31. The summed E-state index contributed by atoms with van der Waals surface area (Å²) in [6.07, 6.45) is 6.20. The van der Waals surface area contributed by atoms with Crippen molar-refractivity contribution >= 4 is 29.1 Å². The maximum atomic E-state index is 14.9. The lowest BCUT2D eigenvalue weighted by molar-refractivity contribution is -0.126. The molecule has 3 aliphatic heterocycles. The lowest BCUT2D eigenvalue weighted by atomic mass is 9.60. The van der Waals surface area contributed by atoms with Crippen LogP contribution in [0, 0.1) is 34.8 Å². The van der Waals surface area contributed by atoms with Gasteiger partial charge in [-0.2, -0.15) is 0 Å². The number of nitrogens with one attached hydrogen (secondary N) is 3. The van der Waals surface area contributed by atoms with E-state index < -0.39 is 53.6 Å². The molecular formula is C33H46ClF3N4O3. The summed E-state index contributed by atoms with van der Waals surface area (Å²) in [5, 5.41) is 9.44. The largest absolute Gasteiger partial charge is 0.379 e. The highest BCUT2D eigenvalue weighted by Crippen LogP contribution is 2.55. The Labute approximate surface area is 264 Å². The molecule has 0 saturated carbocycles. The van der Waals surface area contributed by atoms with Crippen molar-refractivity contribution in [1.82, 2.24) is 15.5 Å². The number of nitrogens with zero attached hydrogens (tertiary/aromatic N) is 1. The van der Waals surface area contributed by atoms with Gasteiger partial charge in [-0.3, -0.25) is 14.5 Å². The number of allylic oxidation sites excluding steroid dienone is 4. The van der Waals surface area contributed by atoms with Gasteiger partial charge in [-0.25, -0.2) is 13.2 Å². The fourth-order valence-corrected chi connectivity index (χ4v) is 7.73. The molecule has 11 heteroatoms. The number of morpholine rings is 1. The number of benzene rings is 1. The Bertz CT molecular complexity index is 1270. The number of hydrogen-bond acceptors (Lipinski definition) is 5. The van der Waals surface area contributed by atoms with E-state index in [0.29, 0.717) is 44.2 Å². The van der Waals surface area contributed by atoms with Gasteiger partial charge in [0.2, 0.25) is 11.8 Å². The number of rotatable bonds is 12. The number of carbonyl (C=O) groups is 2. The molecule has 1 aromatic rings. The van der Waals surface area contributed by atoms with E-state index in [0.717, 1.165) is 31.6 Å². The van der Waals surface area contributed by atoms with Gasteiger partial charge in [0.05, 0.1) is 24.7 Å². The van der Waals surface area contributed by atoms with Crippen LogP contribution in [0.15, 0.2) is 35.4 Å². The van der Waals surface area contributed by atoms with Crippen molar-refractivity contribution in [2.45, 2.75) is 65.0 Å². The Morgan fingerprint density at radius 1 is 1.23 bits per heavy atom.